The Hall–Kier alpha value is -2.82. The summed E-state index contributed by atoms with van der Waals surface area (Å²) < 4.78 is 34.0. The zero-order valence-corrected chi connectivity index (χ0v) is 19.8. The molecule has 0 bridgehead atoms. The van der Waals surface area contributed by atoms with Crippen molar-refractivity contribution in [1.82, 2.24) is 14.1 Å². The average molecular weight is 485 g/mol. The van der Waals surface area contributed by atoms with Crippen molar-refractivity contribution in [3.63, 3.8) is 0 Å². The third kappa shape index (κ3) is 4.14. The molecular weight excluding hydrogens is 460 g/mol. The fourth-order valence-electron chi connectivity index (χ4n) is 4.09. The predicted molar refractivity (Wildman–Crippen MR) is 128 cm³/mol. The van der Waals surface area contributed by atoms with Crippen LogP contribution in [0.2, 0.25) is 0 Å². The molecule has 1 fully saturated rings. The number of rotatable bonds is 6. The largest absolute Gasteiger partial charge is 0.497 e. The Bertz CT molecular complexity index is 1280. The molecule has 172 valence electrons. The van der Waals surface area contributed by atoms with E-state index in [0.29, 0.717) is 24.5 Å². The summed E-state index contributed by atoms with van der Waals surface area (Å²) in [4.78, 5) is 13.3. The van der Waals surface area contributed by atoms with E-state index in [0.717, 1.165) is 47.0 Å². The van der Waals surface area contributed by atoms with E-state index in [4.69, 9.17) is 9.84 Å². The minimum atomic E-state index is -3.51. The SMILES string of the molecule is COc1ccc(-n2nc3c(c2NC(=O)c2ccc(S(=O)(=O)N4CCCC4)cc2)CSC3)cc1. The van der Waals surface area contributed by atoms with Crippen molar-refractivity contribution in [3.05, 3.63) is 65.4 Å². The molecule has 0 aliphatic carbocycles. The lowest BCUT2D eigenvalue weighted by Gasteiger charge is -2.15. The van der Waals surface area contributed by atoms with E-state index in [1.807, 2.05) is 24.3 Å². The molecule has 3 heterocycles. The maximum Gasteiger partial charge on any atom is 0.256 e. The lowest BCUT2D eigenvalue weighted by molar-refractivity contribution is 0.102. The average Bonchev–Trinajstić information content (AvgIpc) is 3.59. The number of aromatic nitrogens is 2. The predicted octanol–water partition coefficient (Wildman–Crippen LogP) is 3.66. The molecular formula is C23H24N4O4S2. The topological polar surface area (TPSA) is 93.5 Å². The van der Waals surface area contributed by atoms with E-state index < -0.39 is 10.0 Å². The molecule has 0 spiro atoms. The number of nitrogens with zero attached hydrogens (tertiary/aromatic N) is 3. The van der Waals surface area contributed by atoms with Gasteiger partial charge in [0, 0.05) is 35.7 Å². The standard InChI is InChI=1S/C23H24N4O4S2/c1-31-18-8-6-17(7-9-18)27-22(20-14-32-15-21(20)25-27)24-23(28)16-4-10-19(11-5-16)33(29,30)26-12-2-3-13-26/h4-11H,2-3,12-15H2,1H3,(H,24,28). The van der Waals surface area contributed by atoms with Crippen molar-refractivity contribution < 1.29 is 17.9 Å². The number of hydrogen-bond donors (Lipinski definition) is 1. The van der Waals surface area contributed by atoms with Gasteiger partial charge in [0.2, 0.25) is 10.0 Å². The molecule has 0 unspecified atom stereocenters. The first-order valence-corrected chi connectivity index (χ1v) is 13.3. The summed E-state index contributed by atoms with van der Waals surface area (Å²) in [7, 11) is -1.90. The van der Waals surface area contributed by atoms with E-state index in [1.54, 1.807) is 35.7 Å². The maximum absolute atomic E-state index is 13.1. The number of amides is 1. The quantitative estimate of drug-likeness (QED) is 0.574. The molecule has 2 aliphatic rings. The molecule has 0 atom stereocenters. The van der Waals surface area contributed by atoms with Crippen LogP contribution in [-0.4, -0.2) is 48.6 Å². The molecule has 2 aromatic carbocycles. The number of thioether (sulfide) groups is 1. The highest BCUT2D eigenvalue weighted by atomic mass is 32.2. The van der Waals surface area contributed by atoms with Crippen molar-refractivity contribution in [3.8, 4) is 11.4 Å². The van der Waals surface area contributed by atoms with Crippen molar-refractivity contribution in [2.24, 2.45) is 0 Å². The number of hydrogen-bond acceptors (Lipinski definition) is 6. The summed E-state index contributed by atoms with van der Waals surface area (Å²) in [6, 6.07) is 13.6. The number of carbonyl (C=O) groups is 1. The second-order valence-electron chi connectivity index (χ2n) is 7.97. The van der Waals surface area contributed by atoms with E-state index >= 15 is 0 Å². The summed E-state index contributed by atoms with van der Waals surface area (Å²) in [5.41, 5.74) is 3.17. The molecule has 1 aromatic heterocycles. The number of benzene rings is 2. The zero-order chi connectivity index (χ0) is 23.0. The van der Waals surface area contributed by atoms with Crippen molar-refractivity contribution in [1.29, 1.82) is 0 Å². The fraction of sp³-hybridized carbons (Fsp3) is 0.304. The second kappa shape index (κ2) is 8.85. The first-order chi connectivity index (χ1) is 16.0. The first kappa shape index (κ1) is 22.0. The lowest BCUT2D eigenvalue weighted by Crippen LogP contribution is -2.27. The van der Waals surface area contributed by atoms with Gasteiger partial charge in [0.25, 0.3) is 5.91 Å². The Morgan fingerprint density at radius 2 is 1.73 bits per heavy atom. The van der Waals surface area contributed by atoms with Crippen LogP contribution in [0.5, 0.6) is 5.75 Å². The van der Waals surface area contributed by atoms with Crippen LogP contribution < -0.4 is 10.1 Å². The van der Waals surface area contributed by atoms with Crippen LogP contribution in [0, 0.1) is 0 Å². The third-order valence-corrected chi connectivity index (χ3v) is 8.80. The molecule has 1 amide bonds. The van der Waals surface area contributed by atoms with Gasteiger partial charge in [-0.05, 0) is 61.4 Å². The van der Waals surface area contributed by atoms with Crippen molar-refractivity contribution in [2.75, 3.05) is 25.5 Å². The van der Waals surface area contributed by atoms with Gasteiger partial charge in [-0.25, -0.2) is 13.1 Å². The van der Waals surface area contributed by atoms with Gasteiger partial charge < -0.3 is 10.1 Å². The van der Waals surface area contributed by atoms with Gasteiger partial charge >= 0.3 is 0 Å². The van der Waals surface area contributed by atoms with Gasteiger partial charge in [0.1, 0.15) is 11.6 Å². The molecule has 8 nitrogen and oxygen atoms in total. The Kier molecular flexibility index (Phi) is 5.90. The highest BCUT2D eigenvalue weighted by molar-refractivity contribution is 7.98. The lowest BCUT2D eigenvalue weighted by atomic mass is 10.2. The fourth-order valence-corrected chi connectivity index (χ4v) is 6.64. The van der Waals surface area contributed by atoms with Gasteiger partial charge in [-0.3, -0.25) is 4.79 Å². The van der Waals surface area contributed by atoms with Gasteiger partial charge in [0.05, 0.1) is 23.4 Å². The minimum Gasteiger partial charge on any atom is -0.497 e. The van der Waals surface area contributed by atoms with Crippen molar-refractivity contribution >= 4 is 33.5 Å². The number of sulfonamides is 1. The maximum atomic E-state index is 13.1. The Morgan fingerprint density at radius 1 is 1.03 bits per heavy atom. The zero-order valence-electron chi connectivity index (χ0n) is 18.2. The van der Waals surface area contributed by atoms with Gasteiger partial charge in [-0.1, -0.05) is 0 Å². The highest BCUT2D eigenvalue weighted by Crippen LogP contribution is 2.36. The number of fused-ring (bicyclic) bond motifs is 1. The summed E-state index contributed by atoms with van der Waals surface area (Å²) >= 11 is 1.75. The Labute approximate surface area is 197 Å². The summed E-state index contributed by atoms with van der Waals surface area (Å²) in [6.07, 6.45) is 1.76. The number of anilines is 1. The summed E-state index contributed by atoms with van der Waals surface area (Å²) in [5, 5.41) is 7.71. The van der Waals surface area contributed by atoms with Gasteiger partial charge in [-0.15, -0.1) is 0 Å². The molecule has 1 N–H and O–H groups in total. The summed E-state index contributed by atoms with van der Waals surface area (Å²) in [6.45, 7) is 1.09. The van der Waals surface area contributed by atoms with E-state index in [9.17, 15) is 13.2 Å². The number of ether oxygens (including phenoxy) is 1. The van der Waals surface area contributed by atoms with Gasteiger partial charge in [0.15, 0.2) is 0 Å². The molecule has 2 aliphatic heterocycles. The normalized spacial score (nSPS) is 16.0. The van der Waals surface area contributed by atoms with E-state index in [1.165, 1.54) is 16.4 Å². The van der Waals surface area contributed by atoms with Crippen LogP contribution >= 0.6 is 11.8 Å². The molecule has 33 heavy (non-hydrogen) atoms. The molecule has 0 saturated carbocycles. The smallest absolute Gasteiger partial charge is 0.256 e. The van der Waals surface area contributed by atoms with Crippen LogP contribution in [0.25, 0.3) is 5.69 Å². The van der Waals surface area contributed by atoms with Gasteiger partial charge in [-0.2, -0.15) is 21.2 Å². The van der Waals surface area contributed by atoms with Crippen LogP contribution in [0.4, 0.5) is 5.82 Å². The third-order valence-electron chi connectivity index (χ3n) is 5.92. The Morgan fingerprint density at radius 3 is 2.39 bits per heavy atom. The first-order valence-electron chi connectivity index (χ1n) is 10.7. The number of methoxy groups -OCH3 is 1. The molecule has 0 radical (unpaired) electrons. The minimum absolute atomic E-state index is 0.210. The molecule has 3 aromatic rings. The Balaban J connectivity index is 1.41. The van der Waals surface area contributed by atoms with Crippen LogP contribution in [-0.2, 0) is 21.5 Å². The monoisotopic (exact) mass is 484 g/mol. The van der Waals surface area contributed by atoms with Crippen LogP contribution in [0.15, 0.2) is 53.4 Å². The second-order valence-corrected chi connectivity index (χ2v) is 10.9. The van der Waals surface area contributed by atoms with Crippen LogP contribution in [0.3, 0.4) is 0 Å². The molecule has 5 rings (SSSR count). The van der Waals surface area contributed by atoms with Crippen LogP contribution in [0.1, 0.15) is 34.5 Å². The number of carbonyl (C=O) groups excluding carboxylic acids is 1. The summed E-state index contributed by atoms with van der Waals surface area (Å²) in [5.74, 6) is 2.63. The highest BCUT2D eigenvalue weighted by Gasteiger charge is 2.28. The van der Waals surface area contributed by atoms with E-state index in [-0.39, 0.29) is 10.8 Å². The molecule has 1 saturated heterocycles. The molecule has 10 heteroatoms. The number of nitrogens with one attached hydrogen (secondary N) is 1. The van der Waals surface area contributed by atoms with Crippen molar-refractivity contribution in [2.45, 2.75) is 29.2 Å². The van der Waals surface area contributed by atoms with E-state index in [2.05, 4.69) is 5.32 Å².